The maximum absolute atomic E-state index is 12.0. The van der Waals surface area contributed by atoms with Crippen LogP contribution in [0.1, 0.15) is 13.3 Å². The third kappa shape index (κ3) is 2.70. The molecule has 2 heterocycles. The molecule has 0 saturated carbocycles. The van der Waals surface area contributed by atoms with Crippen LogP contribution in [0.3, 0.4) is 0 Å². The van der Waals surface area contributed by atoms with Crippen molar-refractivity contribution in [3.63, 3.8) is 0 Å². The number of hydrogen-bond acceptors (Lipinski definition) is 4. The van der Waals surface area contributed by atoms with E-state index >= 15 is 0 Å². The number of hydrogen-bond donors (Lipinski definition) is 2. The molecule has 3 N–H and O–H groups in total. The zero-order valence-electron chi connectivity index (χ0n) is 10.6. The molecule has 6 nitrogen and oxygen atoms in total. The van der Waals surface area contributed by atoms with Crippen LogP contribution in [0.25, 0.3) is 0 Å². The quantitative estimate of drug-likeness (QED) is 0.708. The van der Waals surface area contributed by atoms with Gasteiger partial charge in [0.05, 0.1) is 25.0 Å². The second kappa shape index (κ2) is 5.49. The molecule has 0 bridgehead atoms. The first-order valence-corrected chi connectivity index (χ1v) is 6.20. The fourth-order valence-corrected chi connectivity index (χ4v) is 2.01. The fourth-order valence-electron chi connectivity index (χ4n) is 2.01. The number of nitrogens with zero attached hydrogens (tertiary/aromatic N) is 2. The smallest absolute Gasteiger partial charge is 0.229 e. The van der Waals surface area contributed by atoms with Gasteiger partial charge in [-0.15, -0.1) is 0 Å². The molecule has 1 saturated heterocycles. The summed E-state index contributed by atoms with van der Waals surface area (Å²) in [4.78, 5) is 16.0. The summed E-state index contributed by atoms with van der Waals surface area (Å²) in [7, 11) is 0. The van der Waals surface area contributed by atoms with Gasteiger partial charge in [0.15, 0.2) is 0 Å². The van der Waals surface area contributed by atoms with Crippen molar-refractivity contribution in [3.8, 4) is 0 Å². The topological polar surface area (TPSA) is 82.2 Å². The molecule has 18 heavy (non-hydrogen) atoms. The Bertz CT molecular complexity index is 393. The molecule has 1 aliphatic heterocycles. The molecule has 0 aromatic carbocycles. The molecule has 0 radical (unpaired) electrons. The Labute approximate surface area is 107 Å². The van der Waals surface area contributed by atoms with Gasteiger partial charge in [0, 0.05) is 31.5 Å². The van der Waals surface area contributed by atoms with E-state index < -0.39 is 5.41 Å². The monoisotopic (exact) mass is 252 g/mol. The molecular formula is C12H20N4O2. The van der Waals surface area contributed by atoms with Crippen molar-refractivity contribution in [3.05, 3.63) is 18.7 Å². The average Bonchev–Trinajstić information content (AvgIpc) is 2.97. The summed E-state index contributed by atoms with van der Waals surface area (Å²) >= 11 is 0. The summed E-state index contributed by atoms with van der Waals surface area (Å²) in [5.74, 6) is -0.0156. The van der Waals surface area contributed by atoms with Crippen LogP contribution in [0, 0.1) is 5.41 Å². The van der Waals surface area contributed by atoms with Crippen molar-refractivity contribution < 1.29 is 9.53 Å². The van der Waals surface area contributed by atoms with E-state index in [1.54, 1.807) is 12.5 Å². The first-order valence-electron chi connectivity index (χ1n) is 6.20. The molecule has 1 aromatic heterocycles. The molecule has 2 atom stereocenters. The van der Waals surface area contributed by atoms with Crippen molar-refractivity contribution in [2.24, 2.45) is 11.1 Å². The number of carbonyl (C=O) groups is 1. The summed E-state index contributed by atoms with van der Waals surface area (Å²) in [6.07, 6.45) is 6.29. The van der Waals surface area contributed by atoms with E-state index in [0.717, 1.165) is 13.0 Å². The number of carbonyl (C=O) groups excluding carboxylic acids is 1. The van der Waals surface area contributed by atoms with Gasteiger partial charge >= 0.3 is 0 Å². The van der Waals surface area contributed by atoms with E-state index in [0.29, 0.717) is 19.8 Å². The van der Waals surface area contributed by atoms with Gasteiger partial charge in [-0.2, -0.15) is 0 Å². The molecule has 1 amide bonds. The van der Waals surface area contributed by atoms with Crippen molar-refractivity contribution in [2.45, 2.75) is 25.9 Å². The zero-order valence-corrected chi connectivity index (χ0v) is 10.6. The Morgan fingerprint density at radius 2 is 2.56 bits per heavy atom. The fraction of sp³-hybridized carbons (Fsp3) is 0.667. The minimum atomic E-state index is -0.588. The summed E-state index contributed by atoms with van der Waals surface area (Å²) < 4.78 is 7.24. The molecule has 100 valence electrons. The highest BCUT2D eigenvalue weighted by atomic mass is 16.5. The van der Waals surface area contributed by atoms with Crippen molar-refractivity contribution in [2.75, 3.05) is 19.8 Å². The van der Waals surface area contributed by atoms with E-state index in [2.05, 4.69) is 10.3 Å². The van der Waals surface area contributed by atoms with Crippen molar-refractivity contribution in [1.29, 1.82) is 0 Å². The minimum absolute atomic E-state index is 0.0156. The third-order valence-corrected chi connectivity index (χ3v) is 3.47. The lowest BCUT2D eigenvalue weighted by atomic mass is 9.85. The Hall–Kier alpha value is -1.40. The van der Waals surface area contributed by atoms with Crippen LogP contribution in [-0.2, 0) is 16.1 Å². The normalized spacial score (nSPS) is 27.3. The summed E-state index contributed by atoms with van der Waals surface area (Å²) in [6, 6.07) is -0.217. The van der Waals surface area contributed by atoms with E-state index in [9.17, 15) is 4.79 Å². The van der Waals surface area contributed by atoms with E-state index in [1.165, 1.54) is 0 Å². The predicted molar refractivity (Wildman–Crippen MR) is 66.8 cm³/mol. The summed E-state index contributed by atoms with van der Waals surface area (Å²) in [6.45, 7) is 4.20. The van der Waals surface area contributed by atoms with Crippen LogP contribution >= 0.6 is 0 Å². The molecule has 1 aliphatic rings. The Morgan fingerprint density at radius 1 is 1.72 bits per heavy atom. The second-order valence-corrected chi connectivity index (χ2v) is 4.95. The van der Waals surface area contributed by atoms with Gasteiger partial charge in [-0.1, -0.05) is 0 Å². The van der Waals surface area contributed by atoms with Crippen LogP contribution in [0.5, 0.6) is 0 Å². The maximum atomic E-state index is 12.0. The van der Waals surface area contributed by atoms with Gasteiger partial charge in [0.25, 0.3) is 0 Å². The number of aromatic nitrogens is 2. The predicted octanol–water partition coefficient (Wildman–Crippen LogP) is -0.247. The van der Waals surface area contributed by atoms with Crippen LogP contribution in [0.4, 0.5) is 0 Å². The standard InChI is InChI=1S/C12H20N4O2/c1-12(8-18-7-10(12)13)11(17)15-3-2-5-16-6-4-14-9-16/h4,6,9-10H,2-3,5,7-8,13H2,1H3,(H,15,17). The van der Waals surface area contributed by atoms with Crippen LogP contribution in [-0.4, -0.2) is 41.3 Å². The van der Waals surface area contributed by atoms with E-state index in [1.807, 2.05) is 17.7 Å². The highest BCUT2D eigenvalue weighted by Crippen LogP contribution is 2.26. The average molecular weight is 252 g/mol. The van der Waals surface area contributed by atoms with E-state index in [4.69, 9.17) is 10.5 Å². The lowest BCUT2D eigenvalue weighted by Gasteiger charge is -2.25. The van der Waals surface area contributed by atoms with Crippen LogP contribution in [0.15, 0.2) is 18.7 Å². The molecule has 1 fully saturated rings. The minimum Gasteiger partial charge on any atom is -0.379 e. The lowest BCUT2D eigenvalue weighted by Crippen LogP contribution is -2.50. The van der Waals surface area contributed by atoms with Crippen molar-refractivity contribution >= 4 is 5.91 Å². The lowest BCUT2D eigenvalue weighted by molar-refractivity contribution is -0.130. The van der Waals surface area contributed by atoms with Gasteiger partial charge < -0.3 is 20.4 Å². The van der Waals surface area contributed by atoms with Gasteiger partial charge in [-0.05, 0) is 13.3 Å². The number of imidazole rings is 1. The molecule has 0 spiro atoms. The number of aryl methyl sites for hydroxylation is 1. The van der Waals surface area contributed by atoms with Gasteiger partial charge in [0.1, 0.15) is 0 Å². The molecule has 0 aliphatic carbocycles. The van der Waals surface area contributed by atoms with Crippen molar-refractivity contribution in [1.82, 2.24) is 14.9 Å². The second-order valence-electron chi connectivity index (χ2n) is 4.95. The first kappa shape index (κ1) is 13.0. The number of nitrogens with one attached hydrogen (secondary N) is 1. The Kier molecular flexibility index (Phi) is 3.98. The highest BCUT2D eigenvalue weighted by molar-refractivity contribution is 5.83. The highest BCUT2D eigenvalue weighted by Gasteiger charge is 2.44. The summed E-state index contributed by atoms with van der Waals surface area (Å²) in [5, 5.41) is 2.93. The van der Waals surface area contributed by atoms with Gasteiger partial charge in [0.2, 0.25) is 5.91 Å². The van der Waals surface area contributed by atoms with Crippen LogP contribution < -0.4 is 11.1 Å². The Morgan fingerprint density at radius 3 is 3.17 bits per heavy atom. The largest absolute Gasteiger partial charge is 0.379 e. The SMILES string of the molecule is CC1(C(=O)NCCCn2ccnc2)COCC1N. The molecular weight excluding hydrogens is 232 g/mol. The maximum Gasteiger partial charge on any atom is 0.229 e. The zero-order chi connectivity index (χ0) is 13.0. The van der Waals surface area contributed by atoms with Crippen LogP contribution in [0.2, 0.25) is 0 Å². The molecule has 2 unspecified atom stereocenters. The number of amides is 1. The third-order valence-electron chi connectivity index (χ3n) is 3.47. The first-order chi connectivity index (χ1) is 8.63. The number of rotatable bonds is 5. The molecule has 2 rings (SSSR count). The molecule has 1 aromatic rings. The summed E-state index contributed by atoms with van der Waals surface area (Å²) in [5.41, 5.74) is 5.31. The van der Waals surface area contributed by atoms with Gasteiger partial charge in [-0.25, -0.2) is 4.98 Å². The Balaban J connectivity index is 1.72. The van der Waals surface area contributed by atoms with E-state index in [-0.39, 0.29) is 11.9 Å². The van der Waals surface area contributed by atoms with Gasteiger partial charge in [-0.3, -0.25) is 4.79 Å². The molecule has 6 heteroatoms. The number of ether oxygens (including phenoxy) is 1. The number of nitrogens with two attached hydrogens (primary N) is 1.